The van der Waals surface area contributed by atoms with Gasteiger partial charge in [-0.25, -0.2) is 4.79 Å². The van der Waals surface area contributed by atoms with Gasteiger partial charge in [0.1, 0.15) is 0 Å². The van der Waals surface area contributed by atoms with Crippen molar-refractivity contribution in [3.63, 3.8) is 0 Å². The van der Waals surface area contributed by atoms with Gasteiger partial charge in [0.2, 0.25) is 0 Å². The summed E-state index contributed by atoms with van der Waals surface area (Å²) in [5.41, 5.74) is 1.03. The second kappa shape index (κ2) is 10.6. The molecule has 0 radical (unpaired) electrons. The molecule has 3 N–H and O–H groups in total. The van der Waals surface area contributed by atoms with Crippen molar-refractivity contribution in [2.45, 2.75) is 12.8 Å². The van der Waals surface area contributed by atoms with Gasteiger partial charge in [-0.2, -0.15) is 0 Å². The molecule has 0 atom stereocenters. The van der Waals surface area contributed by atoms with Crippen molar-refractivity contribution in [3.8, 4) is 0 Å². The topological polar surface area (TPSA) is 98.7 Å². The van der Waals surface area contributed by atoms with Crippen molar-refractivity contribution in [1.82, 2.24) is 10.2 Å². The molecule has 0 aromatic heterocycles. The summed E-state index contributed by atoms with van der Waals surface area (Å²) in [5, 5.41) is 13.7. The highest BCUT2D eigenvalue weighted by atomic mass is 16.4. The van der Waals surface area contributed by atoms with E-state index in [1.165, 1.54) is 0 Å². The van der Waals surface area contributed by atoms with Gasteiger partial charge in [0.15, 0.2) is 0 Å². The van der Waals surface area contributed by atoms with Gasteiger partial charge in [0.25, 0.3) is 5.91 Å². The molecular weight excluding hydrogens is 322 g/mol. The maximum absolute atomic E-state index is 12.4. The van der Waals surface area contributed by atoms with Gasteiger partial charge < -0.3 is 20.6 Å². The lowest BCUT2D eigenvalue weighted by atomic mass is 10.1. The molecule has 0 aliphatic heterocycles. The van der Waals surface area contributed by atoms with Gasteiger partial charge in [-0.3, -0.25) is 9.59 Å². The van der Waals surface area contributed by atoms with Crippen LogP contribution in [0.3, 0.4) is 0 Å². The molecule has 0 unspecified atom stereocenters. The Morgan fingerprint density at radius 1 is 1.08 bits per heavy atom. The van der Waals surface area contributed by atoms with Crippen LogP contribution in [0.1, 0.15) is 23.2 Å². The van der Waals surface area contributed by atoms with E-state index in [1.807, 2.05) is 0 Å². The fraction of sp³-hybridized carbons (Fsp3) is 0.278. The summed E-state index contributed by atoms with van der Waals surface area (Å²) in [6.07, 6.45) is 3.65. The summed E-state index contributed by atoms with van der Waals surface area (Å²) in [6.45, 7) is 8.37. The van der Waals surface area contributed by atoms with Crippen LogP contribution in [0, 0.1) is 0 Å². The normalized spacial score (nSPS) is 9.76. The van der Waals surface area contributed by atoms with E-state index in [0.717, 1.165) is 0 Å². The average Bonchev–Trinajstić information content (AvgIpc) is 2.58. The van der Waals surface area contributed by atoms with Crippen LogP contribution in [0.25, 0.3) is 0 Å². The number of benzene rings is 1. The first kappa shape index (κ1) is 20.0. The van der Waals surface area contributed by atoms with E-state index in [2.05, 4.69) is 23.8 Å². The smallest absolute Gasteiger partial charge is 0.319 e. The third-order valence-corrected chi connectivity index (χ3v) is 3.23. The summed E-state index contributed by atoms with van der Waals surface area (Å²) >= 11 is 0. The molecule has 0 saturated carbocycles. The molecule has 0 aliphatic rings. The summed E-state index contributed by atoms with van der Waals surface area (Å²) in [7, 11) is 0. The van der Waals surface area contributed by atoms with Crippen molar-refractivity contribution < 1.29 is 19.5 Å². The standard InChI is InChI=1S/C18H23N3O4/c1-3-12-21(13-4-2)17(24)14-7-9-15(10-8-14)20-18(25)19-11-5-6-16(22)23/h3-4,7-10H,1-2,5-6,11-13H2,(H,22,23)(H2,19,20,25). The summed E-state index contributed by atoms with van der Waals surface area (Å²) in [5.74, 6) is -1.05. The fourth-order valence-electron chi connectivity index (χ4n) is 2.05. The zero-order valence-corrected chi connectivity index (χ0v) is 14.0. The predicted molar refractivity (Wildman–Crippen MR) is 96.6 cm³/mol. The van der Waals surface area contributed by atoms with E-state index < -0.39 is 12.0 Å². The maximum atomic E-state index is 12.4. The number of aliphatic carboxylic acids is 1. The van der Waals surface area contributed by atoms with E-state index in [-0.39, 0.29) is 18.9 Å². The van der Waals surface area contributed by atoms with E-state index in [9.17, 15) is 14.4 Å². The SMILES string of the molecule is C=CCN(CC=C)C(=O)c1ccc(NC(=O)NCCCC(=O)O)cc1. The summed E-state index contributed by atoms with van der Waals surface area (Å²) in [6, 6.07) is 6.08. The van der Waals surface area contributed by atoms with Crippen molar-refractivity contribution in [3.05, 3.63) is 55.1 Å². The molecule has 0 aliphatic carbocycles. The number of carbonyl (C=O) groups excluding carboxylic acids is 2. The highest BCUT2D eigenvalue weighted by molar-refractivity contribution is 5.95. The van der Waals surface area contributed by atoms with Crippen molar-refractivity contribution in [2.24, 2.45) is 0 Å². The molecule has 7 nitrogen and oxygen atoms in total. The molecule has 0 fully saturated rings. The Morgan fingerprint density at radius 2 is 1.68 bits per heavy atom. The molecule has 7 heteroatoms. The maximum Gasteiger partial charge on any atom is 0.319 e. The van der Waals surface area contributed by atoms with Crippen LogP contribution in [0.5, 0.6) is 0 Å². The Kier molecular flexibility index (Phi) is 8.49. The highest BCUT2D eigenvalue weighted by Gasteiger charge is 2.13. The lowest BCUT2D eigenvalue weighted by molar-refractivity contribution is -0.137. The van der Waals surface area contributed by atoms with Crippen LogP contribution < -0.4 is 10.6 Å². The first-order valence-corrected chi connectivity index (χ1v) is 7.85. The number of rotatable bonds is 10. The average molecular weight is 345 g/mol. The van der Waals surface area contributed by atoms with E-state index in [0.29, 0.717) is 30.8 Å². The zero-order chi connectivity index (χ0) is 18.7. The van der Waals surface area contributed by atoms with Gasteiger partial charge in [-0.15, -0.1) is 13.2 Å². The second-order valence-corrected chi connectivity index (χ2v) is 5.24. The van der Waals surface area contributed by atoms with Crippen LogP contribution >= 0.6 is 0 Å². The fourth-order valence-corrected chi connectivity index (χ4v) is 2.05. The first-order valence-electron chi connectivity index (χ1n) is 7.85. The van der Waals surface area contributed by atoms with Crippen LogP contribution in [0.4, 0.5) is 10.5 Å². The predicted octanol–water partition coefficient (Wildman–Crippen LogP) is 2.49. The monoisotopic (exact) mass is 345 g/mol. The summed E-state index contributed by atoms with van der Waals surface area (Å²) in [4.78, 5) is 36.0. The number of nitrogens with one attached hydrogen (secondary N) is 2. The molecular formula is C18H23N3O4. The molecule has 0 heterocycles. The number of hydrogen-bond acceptors (Lipinski definition) is 3. The lowest BCUT2D eigenvalue weighted by Crippen LogP contribution is -2.31. The van der Waals surface area contributed by atoms with Crippen LogP contribution in [0.15, 0.2) is 49.6 Å². The Hall–Kier alpha value is -3.09. The van der Waals surface area contributed by atoms with Gasteiger partial charge in [0, 0.05) is 37.3 Å². The lowest BCUT2D eigenvalue weighted by Gasteiger charge is -2.19. The number of urea groups is 1. The molecule has 134 valence electrons. The molecule has 0 saturated heterocycles. The molecule has 25 heavy (non-hydrogen) atoms. The first-order chi connectivity index (χ1) is 12.0. The molecule has 0 spiro atoms. The Balaban J connectivity index is 2.56. The van der Waals surface area contributed by atoms with E-state index in [1.54, 1.807) is 41.3 Å². The minimum atomic E-state index is -0.899. The Bertz CT molecular complexity index is 616. The van der Waals surface area contributed by atoms with E-state index >= 15 is 0 Å². The van der Waals surface area contributed by atoms with Crippen molar-refractivity contribution >= 4 is 23.6 Å². The van der Waals surface area contributed by atoms with Gasteiger partial charge in [0.05, 0.1) is 0 Å². The highest BCUT2D eigenvalue weighted by Crippen LogP contribution is 2.12. The second-order valence-electron chi connectivity index (χ2n) is 5.24. The van der Waals surface area contributed by atoms with Gasteiger partial charge >= 0.3 is 12.0 Å². The number of amides is 3. The number of hydrogen-bond donors (Lipinski definition) is 3. The van der Waals surface area contributed by atoms with Gasteiger partial charge in [-0.1, -0.05) is 12.2 Å². The van der Waals surface area contributed by atoms with Crippen molar-refractivity contribution in [2.75, 3.05) is 25.0 Å². The molecule has 1 rings (SSSR count). The third-order valence-electron chi connectivity index (χ3n) is 3.23. The Labute approximate surface area is 147 Å². The largest absolute Gasteiger partial charge is 0.481 e. The number of carboxylic acid groups (broad SMARTS) is 1. The molecule has 1 aromatic carbocycles. The number of nitrogens with zero attached hydrogens (tertiary/aromatic N) is 1. The number of carbonyl (C=O) groups is 3. The minimum absolute atomic E-state index is 0.00298. The van der Waals surface area contributed by atoms with Crippen LogP contribution in [-0.4, -0.2) is 47.5 Å². The number of anilines is 1. The molecule has 0 bridgehead atoms. The quantitative estimate of drug-likeness (QED) is 0.448. The van der Waals surface area contributed by atoms with E-state index in [4.69, 9.17) is 5.11 Å². The van der Waals surface area contributed by atoms with Crippen molar-refractivity contribution in [1.29, 1.82) is 0 Å². The Morgan fingerprint density at radius 3 is 2.20 bits per heavy atom. The molecule has 1 aromatic rings. The summed E-state index contributed by atoms with van der Waals surface area (Å²) < 4.78 is 0. The third kappa shape index (κ3) is 7.34. The van der Waals surface area contributed by atoms with Crippen LogP contribution in [-0.2, 0) is 4.79 Å². The minimum Gasteiger partial charge on any atom is -0.481 e. The van der Waals surface area contributed by atoms with Gasteiger partial charge in [-0.05, 0) is 30.7 Å². The zero-order valence-electron chi connectivity index (χ0n) is 14.0. The number of carboxylic acids is 1. The molecule has 3 amide bonds. The van der Waals surface area contributed by atoms with Crippen LogP contribution in [0.2, 0.25) is 0 Å².